The van der Waals surface area contributed by atoms with E-state index in [0.29, 0.717) is 6.61 Å². The van der Waals surface area contributed by atoms with Crippen molar-refractivity contribution in [1.82, 2.24) is 4.90 Å². The average molecular weight is 198 g/mol. The second-order valence-electron chi connectivity index (χ2n) is 4.44. The number of carbonyl (C=O) groups excluding carboxylic acids is 1. The highest BCUT2D eigenvalue weighted by Crippen LogP contribution is 2.14. The van der Waals surface area contributed by atoms with Crippen LogP contribution in [0.4, 0.5) is 0 Å². The normalized spacial score (nSPS) is 16.1. The van der Waals surface area contributed by atoms with Crippen LogP contribution in [0.15, 0.2) is 4.99 Å². The predicted octanol–water partition coefficient (Wildman–Crippen LogP) is 0.920. The third-order valence-electron chi connectivity index (χ3n) is 1.99. The molecule has 0 aromatic carbocycles. The maximum Gasteiger partial charge on any atom is 0.311 e. The number of carbonyl (C=O) groups is 1. The SMILES string of the molecule is CC(C)(C)C(=O)OCCN1C=NCC1. The van der Waals surface area contributed by atoms with Crippen molar-refractivity contribution in [3.05, 3.63) is 0 Å². The highest BCUT2D eigenvalue weighted by molar-refractivity contribution is 5.75. The van der Waals surface area contributed by atoms with Crippen molar-refractivity contribution in [2.24, 2.45) is 10.4 Å². The molecule has 0 atom stereocenters. The van der Waals surface area contributed by atoms with Gasteiger partial charge in [0.2, 0.25) is 0 Å². The maximum absolute atomic E-state index is 11.4. The summed E-state index contributed by atoms with van der Waals surface area (Å²) in [5.74, 6) is -0.145. The largest absolute Gasteiger partial charge is 0.463 e. The monoisotopic (exact) mass is 198 g/mol. The Morgan fingerprint density at radius 1 is 1.57 bits per heavy atom. The van der Waals surface area contributed by atoms with Gasteiger partial charge >= 0.3 is 5.97 Å². The number of esters is 1. The minimum Gasteiger partial charge on any atom is -0.463 e. The van der Waals surface area contributed by atoms with E-state index in [1.165, 1.54) is 0 Å². The van der Waals surface area contributed by atoms with E-state index in [1.54, 1.807) is 0 Å². The smallest absolute Gasteiger partial charge is 0.311 e. The predicted molar refractivity (Wildman–Crippen MR) is 55.3 cm³/mol. The zero-order valence-electron chi connectivity index (χ0n) is 9.12. The molecule has 0 aromatic rings. The first-order chi connectivity index (χ1) is 6.50. The zero-order valence-corrected chi connectivity index (χ0v) is 9.12. The number of hydrogen-bond donors (Lipinski definition) is 0. The number of ether oxygens (including phenoxy) is 1. The number of rotatable bonds is 3. The van der Waals surface area contributed by atoms with E-state index >= 15 is 0 Å². The molecule has 14 heavy (non-hydrogen) atoms. The fourth-order valence-electron chi connectivity index (χ4n) is 1.06. The molecule has 1 aliphatic heterocycles. The summed E-state index contributed by atoms with van der Waals surface area (Å²) in [4.78, 5) is 17.5. The Labute approximate surface area is 84.9 Å². The van der Waals surface area contributed by atoms with Crippen LogP contribution < -0.4 is 0 Å². The maximum atomic E-state index is 11.4. The lowest BCUT2D eigenvalue weighted by Gasteiger charge is -2.18. The Morgan fingerprint density at radius 3 is 2.79 bits per heavy atom. The number of aliphatic imine (C=N–C) groups is 1. The molecule has 0 spiro atoms. The molecule has 1 rings (SSSR count). The van der Waals surface area contributed by atoms with Gasteiger partial charge in [-0.05, 0) is 20.8 Å². The van der Waals surface area contributed by atoms with Gasteiger partial charge in [0.25, 0.3) is 0 Å². The molecule has 0 N–H and O–H groups in total. The third kappa shape index (κ3) is 3.36. The second-order valence-corrected chi connectivity index (χ2v) is 4.44. The molecule has 0 bridgehead atoms. The topological polar surface area (TPSA) is 41.9 Å². The van der Waals surface area contributed by atoms with Crippen molar-refractivity contribution in [2.45, 2.75) is 20.8 Å². The van der Waals surface area contributed by atoms with E-state index in [2.05, 4.69) is 9.89 Å². The van der Waals surface area contributed by atoms with Crippen LogP contribution >= 0.6 is 0 Å². The Kier molecular flexibility index (Phi) is 3.49. The molecule has 0 aromatic heterocycles. The molecule has 0 amide bonds. The van der Waals surface area contributed by atoms with Gasteiger partial charge in [-0.2, -0.15) is 0 Å². The minimum atomic E-state index is -0.404. The Hall–Kier alpha value is -1.06. The summed E-state index contributed by atoms with van der Waals surface area (Å²) in [6.07, 6.45) is 1.81. The van der Waals surface area contributed by atoms with Gasteiger partial charge in [-0.15, -0.1) is 0 Å². The van der Waals surface area contributed by atoms with Crippen molar-refractivity contribution >= 4 is 12.3 Å². The first-order valence-electron chi connectivity index (χ1n) is 4.91. The summed E-state index contributed by atoms with van der Waals surface area (Å²) in [6.45, 7) is 8.54. The first kappa shape index (κ1) is 11.0. The van der Waals surface area contributed by atoms with Gasteiger partial charge < -0.3 is 9.64 Å². The van der Waals surface area contributed by atoms with Crippen LogP contribution in [-0.4, -0.2) is 43.4 Å². The van der Waals surface area contributed by atoms with E-state index in [9.17, 15) is 4.79 Å². The fourth-order valence-corrected chi connectivity index (χ4v) is 1.06. The molecule has 0 saturated heterocycles. The first-order valence-corrected chi connectivity index (χ1v) is 4.91. The van der Waals surface area contributed by atoms with Gasteiger partial charge in [0.05, 0.1) is 24.8 Å². The molecule has 0 aliphatic carbocycles. The Balaban J connectivity index is 2.15. The molecular formula is C10H18N2O2. The number of hydrogen-bond acceptors (Lipinski definition) is 4. The summed E-state index contributed by atoms with van der Waals surface area (Å²) in [5, 5.41) is 0. The van der Waals surface area contributed by atoms with E-state index in [1.807, 2.05) is 27.1 Å². The van der Waals surface area contributed by atoms with Gasteiger partial charge in [-0.1, -0.05) is 0 Å². The molecule has 0 saturated carbocycles. The van der Waals surface area contributed by atoms with Gasteiger partial charge in [0.1, 0.15) is 6.61 Å². The summed E-state index contributed by atoms with van der Waals surface area (Å²) < 4.78 is 5.13. The highest BCUT2D eigenvalue weighted by atomic mass is 16.5. The van der Waals surface area contributed by atoms with Gasteiger partial charge in [-0.3, -0.25) is 9.79 Å². The van der Waals surface area contributed by atoms with Gasteiger partial charge in [0.15, 0.2) is 0 Å². The summed E-state index contributed by atoms with van der Waals surface area (Å²) >= 11 is 0. The summed E-state index contributed by atoms with van der Waals surface area (Å²) in [7, 11) is 0. The van der Waals surface area contributed by atoms with E-state index in [-0.39, 0.29) is 5.97 Å². The van der Waals surface area contributed by atoms with Crippen LogP contribution in [0.1, 0.15) is 20.8 Å². The number of nitrogens with zero attached hydrogens (tertiary/aromatic N) is 2. The summed E-state index contributed by atoms with van der Waals surface area (Å²) in [6, 6.07) is 0. The molecule has 1 aliphatic rings. The molecule has 0 unspecified atom stereocenters. The van der Waals surface area contributed by atoms with E-state index in [4.69, 9.17) is 4.74 Å². The van der Waals surface area contributed by atoms with Crippen molar-refractivity contribution in [3.63, 3.8) is 0 Å². The van der Waals surface area contributed by atoms with Crippen LogP contribution in [0.3, 0.4) is 0 Å². The van der Waals surface area contributed by atoms with E-state index < -0.39 is 5.41 Å². The molecule has 4 nitrogen and oxygen atoms in total. The average Bonchev–Trinajstić information content (AvgIpc) is 2.55. The lowest BCUT2D eigenvalue weighted by Crippen LogP contribution is -2.29. The molecule has 1 heterocycles. The Morgan fingerprint density at radius 2 is 2.29 bits per heavy atom. The van der Waals surface area contributed by atoms with Crippen molar-refractivity contribution in [3.8, 4) is 0 Å². The lowest BCUT2D eigenvalue weighted by molar-refractivity contribution is -0.153. The van der Waals surface area contributed by atoms with Crippen LogP contribution in [-0.2, 0) is 9.53 Å². The Bertz CT molecular complexity index is 231. The van der Waals surface area contributed by atoms with Crippen molar-refractivity contribution in [2.75, 3.05) is 26.2 Å². The standard InChI is InChI=1S/C10H18N2O2/c1-10(2,3)9(13)14-7-6-12-5-4-11-8-12/h8H,4-7H2,1-3H3. The van der Waals surface area contributed by atoms with Crippen molar-refractivity contribution in [1.29, 1.82) is 0 Å². The van der Waals surface area contributed by atoms with E-state index in [0.717, 1.165) is 19.6 Å². The highest BCUT2D eigenvalue weighted by Gasteiger charge is 2.22. The zero-order chi connectivity index (χ0) is 10.6. The quantitative estimate of drug-likeness (QED) is 0.633. The molecular weight excluding hydrogens is 180 g/mol. The van der Waals surface area contributed by atoms with Crippen LogP contribution in [0.5, 0.6) is 0 Å². The third-order valence-corrected chi connectivity index (χ3v) is 1.99. The fraction of sp³-hybridized carbons (Fsp3) is 0.800. The minimum absolute atomic E-state index is 0.145. The van der Waals surface area contributed by atoms with Crippen LogP contribution in [0.2, 0.25) is 0 Å². The summed E-state index contributed by atoms with van der Waals surface area (Å²) in [5.41, 5.74) is -0.404. The van der Waals surface area contributed by atoms with Crippen LogP contribution in [0.25, 0.3) is 0 Å². The van der Waals surface area contributed by atoms with Crippen LogP contribution in [0, 0.1) is 5.41 Å². The van der Waals surface area contributed by atoms with Gasteiger partial charge in [0, 0.05) is 6.54 Å². The lowest BCUT2D eigenvalue weighted by atomic mass is 9.97. The molecule has 4 heteroatoms. The van der Waals surface area contributed by atoms with Crippen molar-refractivity contribution < 1.29 is 9.53 Å². The molecule has 0 fully saturated rings. The second kappa shape index (κ2) is 4.44. The molecule has 0 radical (unpaired) electrons. The molecule has 80 valence electrons. The van der Waals surface area contributed by atoms with Gasteiger partial charge in [-0.25, -0.2) is 0 Å².